The van der Waals surface area contributed by atoms with Gasteiger partial charge >= 0.3 is 0 Å². The fourth-order valence-electron chi connectivity index (χ4n) is 1.60. The zero-order valence-electron chi connectivity index (χ0n) is 10.0. The summed E-state index contributed by atoms with van der Waals surface area (Å²) in [7, 11) is 0. The molecule has 3 heteroatoms. The van der Waals surface area contributed by atoms with Crippen LogP contribution in [0.5, 0.6) is 0 Å². The van der Waals surface area contributed by atoms with E-state index in [0.29, 0.717) is 16.8 Å². The van der Waals surface area contributed by atoms with Crippen LogP contribution in [0.3, 0.4) is 0 Å². The summed E-state index contributed by atoms with van der Waals surface area (Å²) in [5.41, 5.74) is 7.91. The molecule has 90 valence electrons. The minimum atomic E-state index is -0.515. The summed E-state index contributed by atoms with van der Waals surface area (Å²) in [6.07, 6.45) is 0. The summed E-state index contributed by atoms with van der Waals surface area (Å²) in [4.78, 5) is 23.9. The van der Waals surface area contributed by atoms with Crippen LogP contribution in [-0.4, -0.2) is 11.6 Å². The maximum atomic E-state index is 12.0. The third-order valence-electron chi connectivity index (χ3n) is 2.69. The van der Waals surface area contributed by atoms with Crippen molar-refractivity contribution >= 4 is 17.3 Å². The Morgan fingerprint density at radius 1 is 0.778 bits per heavy atom. The topological polar surface area (TPSA) is 60.2 Å². The molecular formula is C15H13NO2. The molecule has 0 atom stereocenters. The monoisotopic (exact) mass is 239 g/mol. The zero-order chi connectivity index (χ0) is 13.1. The average Bonchev–Trinajstić information content (AvgIpc) is 2.39. The van der Waals surface area contributed by atoms with Gasteiger partial charge in [0.15, 0.2) is 0 Å². The van der Waals surface area contributed by atoms with Gasteiger partial charge in [0.05, 0.1) is 0 Å². The van der Waals surface area contributed by atoms with E-state index in [1.54, 1.807) is 36.4 Å². The summed E-state index contributed by atoms with van der Waals surface area (Å²) < 4.78 is 0. The molecular weight excluding hydrogens is 226 g/mol. The Morgan fingerprint density at radius 2 is 1.17 bits per heavy atom. The third kappa shape index (κ3) is 2.46. The van der Waals surface area contributed by atoms with Crippen LogP contribution in [0.25, 0.3) is 0 Å². The van der Waals surface area contributed by atoms with Crippen molar-refractivity contribution in [3.63, 3.8) is 0 Å². The number of carbonyl (C=O) groups excluding carboxylic acids is 2. The summed E-state index contributed by atoms with van der Waals surface area (Å²) in [5, 5.41) is 0. The predicted octanol–water partition coefficient (Wildman–Crippen LogP) is 2.64. The van der Waals surface area contributed by atoms with Crippen LogP contribution in [0.4, 0.5) is 5.69 Å². The molecule has 0 aliphatic carbocycles. The molecule has 0 amide bonds. The van der Waals surface area contributed by atoms with Gasteiger partial charge in [-0.1, -0.05) is 29.8 Å². The molecule has 0 heterocycles. The minimum Gasteiger partial charge on any atom is -0.399 e. The van der Waals surface area contributed by atoms with Gasteiger partial charge in [0, 0.05) is 16.8 Å². The molecule has 2 aromatic rings. The first-order chi connectivity index (χ1) is 8.58. The lowest BCUT2D eigenvalue weighted by Gasteiger charge is -2.02. The number of Topliss-reactive ketones (excluding diaryl/α,β-unsaturated/α-hetero) is 2. The number of hydrogen-bond donors (Lipinski definition) is 1. The van der Waals surface area contributed by atoms with Crippen LogP contribution >= 0.6 is 0 Å². The number of ketones is 2. The van der Waals surface area contributed by atoms with Crippen molar-refractivity contribution in [1.29, 1.82) is 0 Å². The fraction of sp³-hybridized carbons (Fsp3) is 0.0667. The zero-order valence-corrected chi connectivity index (χ0v) is 10.0. The largest absolute Gasteiger partial charge is 0.399 e. The molecule has 0 fully saturated rings. The molecule has 18 heavy (non-hydrogen) atoms. The third-order valence-corrected chi connectivity index (χ3v) is 2.69. The lowest BCUT2D eigenvalue weighted by molar-refractivity contribution is 0.0817. The van der Waals surface area contributed by atoms with Gasteiger partial charge in [0.2, 0.25) is 11.6 Å². The maximum absolute atomic E-state index is 12.0. The van der Waals surface area contributed by atoms with Crippen LogP contribution in [-0.2, 0) is 0 Å². The number of nitrogens with two attached hydrogens (primary N) is 1. The smallest absolute Gasteiger partial charge is 0.233 e. The number of carbonyl (C=O) groups is 2. The van der Waals surface area contributed by atoms with Gasteiger partial charge in [-0.15, -0.1) is 0 Å². The van der Waals surface area contributed by atoms with E-state index < -0.39 is 11.6 Å². The molecule has 0 saturated heterocycles. The van der Waals surface area contributed by atoms with E-state index in [0.717, 1.165) is 5.56 Å². The average molecular weight is 239 g/mol. The number of benzene rings is 2. The number of hydrogen-bond acceptors (Lipinski definition) is 3. The van der Waals surface area contributed by atoms with Crippen LogP contribution in [0, 0.1) is 6.92 Å². The molecule has 0 radical (unpaired) electrons. The fourth-order valence-corrected chi connectivity index (χ4v) is 1.60. The number of anilines is 1. The molecule has 0 bridgehead atoms. The second-order valence-electron chi connectivity index (χ2n) is 4.15. The van der Waals surface area contributed by atoms with Gasteiger partial charge in [-0.25, -0.2) is 0 Å². The first kappa shape index (κ1) is 12.0. The number of rotatable bonds is 3. The SMILES string of the molecule is Cc1ccc(C(=O)C(=O)c2ccc(N)cc2)cc1. The lowest BCUT2D eigenvalue weighted by Crippen LogP contribution is -2.14. The van der Waals surface area contributed by atoms with Gasteiger partial charge in [0.25, 0.3) is 0 Å². The summed E-state index contributed by atoms with van der Waals surface area (Å²) in [6.45, 7) is 1.93. The molecule has 2 aromatic carbocycles. The van der Waals surface area contributed by atoms with E-state index in [9.17, 15) is 9.59 Å². The Balaban J connectivity index is 2.26. The summed E-state index contributed by atoms with van der Waals surface area (Å²) in [6, 6.07) is 13.3. The summed E-state index contributed by atoms with van der Waals surface area (Å²) >= 11 is 0. The number of aryl methyl sites for hydroxylation is 1. The van der Waals surface area contributed by atoms with Crippen molar-refractivity contribution in [3.05, 3.63) is 65.2 Å². The van der Waals surface area contributed by atoms with E-state index >= 15 is 0 Å². The van der Waals surface area contributed by atoms with Crippen molar-refractivity contribution in [3.8, 4) is 0 Å². The van der Waals surface area contributed by atoms with Crippen molar-refractivity contribution < 1.29 is 9.59 Å². The second-order valence-corrected chi connectivity index (χ2v) is 4.15. The maximum Gasteiger partial charge on any atom is 0.233 e. The van der Waals surface area contributed by atoms with Gasteiger partial charge in [0.1, 0.15) is 0 Å². The molecule has 2 rings (SSSR count). The highest BCUT2D eigenvalue weighted by Crippen LogP contribution is 2.11. The predicted molar refractivity (Wildman–Crippen MR) is 70.7 cm³/mol. The van der Waals surface area contributed by atoms with Gasteiger partial charge in [-0.2, -0.15) is 0 Å². The van der Waals surface area contributed by atoms with E-state index in [-0.39, 0.29) is 0 Å². The molecule has 0 saturated carbocycles. The van der Waals surface area contributed by atoms with Gasteiger partial charge in [-0.05, 0) is 31.2 Å². The quantitative estimate of drug-likeness (QED) is 0.509. The minimum absolute atomic E-state index is 0.356. The highest BCUT2D eigenvalue weighted by Gasteiger charge is 2.17. The lowest BCUT2D eigenvalue weighted by atomic mass is 10.0. The van der Waals surface area contributed by atoms with E-state index in [1.807, 2.05) is 19.1 Å². The Morgan fingerprint density at radius 3 is 1.61 bits per heavy atom. The Bertz CT molecular complexity index is 527. The Labute approximate surface area is 105 Å². The van der Waals surface area contributed by atoms with Gasteiger partial charge < -0.3 is 5.73 Å². The highest BCUT2D eigenvalue weighted by molar-refractivity contribution is 6.49. The van der Waals surface area contributed by atoms with Crippen LogP contribution in [0.2, 0.25) is 0 Å². The van der Waals surface area contributed by atoms with Crippen LogP contribution in [0.15, 0.2) is 48.5 Å². The Kier molecular flexibility index (Phi) is 3.24. The molecule has 0 aliphatic rings. The van der Waals surface area contributed by atoms with E-state index in [4.69, 9.17) is 5.73 Å². The van der Waals surface area contributed by atoms with Crippen molar-refractivity contribution in [2.24, 2.45) is 0 Å². The normalized spacial score (nSPS) is 10.1. The number of nitrogen functional groups attached to an aromatic ring is 1. The molecule has 2 N–H and O–H groups in total. The first-order valence-corrected chi connectivity index (χ1v) is 5.59. The van der Waals surface area contributed by atoms with Crippen molar-refractivity contribution in [2.45, 2.75) is 6.92 Å². The molecule has 0 unspecified atom stereocenters. The van der Waals surface area contributed by atoms with Gasteiger partial charge in [-0.3, -0.25) is 9.59 Å². The molecule has 0 aromatic heterocycles. The molecule has 0 spiro atoms. The second kappa shape index (κ2) is 4.84. The van der Waals surface area contributed by atoms with E-state index in [1.165, 1.54) is 0 Å². The van der Waals surface area contributed by atoms with Crippen molar-refractivity contribution in [2.75, 3.05) is 5.73 Å². The standard InChI is InChI=1S/C15H13NO2/c1-10-2-4-11(5-3-10)14(17)15(18)12-6-8-13(16)9-7-12/h2-9H,16H2,1H3. The molecule has 0 aliphatic heterocycles. The van der Waals surface area contributed by atoms with Crippen LogP contribution in [0.1, 0.15) is 26.3 Å². The van der Waals surface area contributed by atoms with Crippen LogP contribution < -0.4 is 5.73 Å². The highest BCUT2D eigenvalue weighted by atomic mass is 16.2. The molecule has 3 nitrogen and oxygen atoms in total. The Hall–Kier alpha value is -2.42. The summed E-state index contributed by atoms with van der Waals surface area (Å²) in [5.74, 6) is -1.02. The first-order valence-electron chi connectivity index (χ1n) is 5.59. The van der Waals surface area contributed by atoms with Crippen molar-refractivity contribution in [1.82, 2.24) is 0 Å². The van der Waals surface area contributed by atoms with E-state index in [2.05, 4.69) is 0 Å².